The van der Waals surface area contributed by atoms with Crippen molar-refractivity contribution in [1.29, 1.82) is 0 Å². The Bertz CT molecular complexity index is 428. The summed E-state index contributed by atoms with van der Waals surface area (Å²) in [5, 5.41) is 18.6. The van der Waals surface area contributed by atoms with E-state index in [1.165, 1.54) is 0 Å². The topological polar surface area (TPSA) is 57.5 Å². The molecule has 0 aromatic heterocycles. The van der Waals surface area contributed by atoms with Crippen molar-refractivity contribution in [3.05, 3.63) is 48.6 Å². The van der Waals surface area contributed by atoms with Crippen LogP contribution in [0.15, 0.2) is 48.6 Å². The van der Waals surface area contributed by atoms with Crippen LogP contribution in [0.2, 0.25) is 0 Å². The van der Waals surface area contributed by atoms with Crippen molar-refractivity contribution in [3.63, 3.8) is 0 Å². The molecule has 0 aliphatic carbocycles. The zero-order valence-corrected chi connectivity index (χ0v) is 15.3. The standard InChI is InChI=1S/C21H34O3/c1-3-4-18-21(2,24)19-16-14-12-10-8-6-5-7-9-11-13-15-17-20(22)23/h5-6,9-12,14,16,24H,3-4,7-8,13,15,17-19H2,1-2H3,(H,22,23)/b6-5+,11-9+,12-10+,16-14+. The van der Waals surface area contributed by atoms with Crippen molar-refractivity contribution in [3.8, 4) is 0 Å². The third-order valence-corrected chi connectivity index (χ3v) is 3.65. The maximum atomic E-state index is 10.3. The second-order valence-corrected chi connectivity index (χ2v) is 6.36. The lowest BCUT2D eigenvalue weighted by Crippen LogP contribution is -2.22. The summed E-state index contributed by atoms with van der Waals surface area (Å²) in [7, 11) is 0. The number of carboxylic acid groups (broad SMARTS) is 1. The van der Waals surface area contributed by atoms with Crippen molar-refractivity contribution >= 4 is 5.97 Å². The van der Waals surface area contributed by atoms with Crippen molar-refractivity contribution < 1.29 is 15.0 Å². The molecule has 0 rings (SSSR count). The molecule has 3 heteroatoms. The van der Waals surface area contributed by atoms with Gasteiger partial charge in [-0.15, -0.1) is 0 Å². The Hall–Kier alpha value is -1.61. The number of hydrogen-bond donors (Lipinski definition) is 2. The first-order valence-electron chi connectivity index (χ1n) is 9.04. The highest BCUT2D eigenvalue weighted by atomic mass is 16.4. The van der Waals surface area contributed by atoms with Crippen LogP contribution in [0.25, 0.3) is 0 Å². The minimum Gasteiger partial charge on any atom is -0.481 e. The van der Waals surface area contributed by atoms with Gasteiger partial charge in [0.2, 0.25) is 0 Å². The van der Waals surface area contributed by atoms with E-state index in [2.05, 4.69) is 31.2 Å². The summed E-state index contributed by atoms with van der Waals surface area (Å²) in [5.41, 5.74) is -0.586. The number of rotatable bonds is 14. The Morgan fingerprint density at radius 2 is 1.58 bits per heavy atom. The van der Waals surface area contributed by atoms with Crippen LogP contribution >= 0.6 is 0 Å². The summed E-state index contributed by atoms with van der Waals surface area (Å²) in [6, 6.07) is 0. The normalized spacial score (nSPS) is 15.1. The first-order valence-corrected chi connectivity index (χ1v) is 9.04. The van der Waals surface area contributed by atoms with Crippen LogP contribution in [-0.2, 0) is 4.79 Å². The fourth-order valence-electron chi connectivity index (χ4n) is 2.15. The van der Waals surface area contributed by atoms with Gasteiger partial charge in [0.25, 0.3) is 0 Å². The molecule has 0 spiro atoms. The molecule has 1 atom stereocenters. The fourth-order valence-corrected chi connectivity index (χ4v) is 2.15. The van der Waals surface area contributed by atoms with Crippen LogP contribution in [0.4, 0.5) is 0 Å². The van der Waals surface area contributed by atoms with E-state index in [1.807, 2.05) is 31.2 Å². The molecule has 24 heavy (non-hydrogen) atoms. The number of unbranched alkanes of at least 4 members (excludes halogenated alkanes) is 2. The Kier molecular flexibility index (Phi) is 13.9. The highest BCUT2D eigenvalue weighted by molar-refractivity contribution is 5.66. The van der Waals surface area contributed by atoms with Crippen LogP contribution in [0.5, 0.6) is 0 Å². The van der Waals surface area contributed by atoms with Gasteiger partial charge in [-0.1, -0.05) is 68.4 Å². The summed E-state index contributed by atoms with van der Waals surface area (Å²) >= 11 is 0. The zero-order valence-electron chi connectivity index (χ0n) is 15.3. The van der Waals surface area contributed by atoms with E-state index in [4.69, 9.17) is 5.11 Å². The molecule has 0 radical (unpaired) electrons. The molecule has 1 unspecified atom stereocenters. The van der Waals surface area contributed by atoms with Crippen molar-refractivity contribution in [2.75, 3.05) is 0 Å². The van der Waals surface area contributed by atoms with Gasteiger partial charge >= 0.3 is 5.97 Å². The van der Waals surface area contributed by atoms with Gasteiger partial charge in [-0.3, -0.25) is 4.79 Å². The van der Waals surface area contributed by atoms with Gasteiger partial charge in [0.15, 0.2) is 0 Å². The third kappa shape index (κ3) is 16.8. The number of hydrogen-bond acceptors (Lipinski definition) is 2. The third-order valence-electron chi connectivity index (χ3n) is 3.65. The average molecular weight is 335 g/mol. The van der Waals surface area contributed by atoms with E-state index in [-0.39, 0.29) is 6.42 Å². The van der Waals surface area contributed by atoms with Gasteiger partial charge in [0.05, 0.1) is 5.60 Å². The summed E-state index contributed by atoms with van der Waals surface area (Å²) < 4.78 is 0. The fraction of sp³-hybridized carbons (Fsp3) is 0.571. The molecule has 0 aliphatic rings. The van der Waals surface area contributed by atoms with E-state index in [9.17, 15) is 9.90 Å². The van der Waals surface area contributed by atoms with E-state index in [0.29, 0.717) is 12.8 Å². The molecule has 2 N–H and O–H groups in total. The van der Waals surface area contributed by atoms with Gasteiger partial charge in [0, 0.05) is 6.42 Å². The predicted molar refractivity (Wildman–Crippen MR) is 102 cm³/mol. The van der Waals surface area contributed by atoms with Gasteiger partial charge in [-0.05, 0) is 45.4 Å². The molecule has 0 saturated heterocycles. The lowest BCUT2D eigenvalue weighted by molar-refractivity contribution is -0.137. The van der Waals surface area contributed by atoms with Crippen molar-refractivity contribution in [2.24, 2.45) is 0 Å². The number of aliphatic carboxylic acids is 1. The number of carbonyl (C=O) groups is 1. The first kappa shape index (κ1) is 22.4. The SMILES string of the molecule is CCCCC(C)(O)C/C=C/C=C/C/C=C/C/C=C/CCCC(=O)O. The lowest BCUT2D eigenvalue weighted by atomic mass is 9.95. The average Bonchev–Trinajstić information content (AvgIpc) is 2.53. The Morgan fingerprint density at radius 1 is 0.958 bits per heavy atom. The van der Waals surface area contributed by atoms with E-state index in [0.717, 1.165) is 38.5 Å². The number of allylic oxidation sites excluding steroid dienone is 7. The Morgan fingerprint density at radius 3 is 2.25 bits per heavy atom. The Labute approximate surface area is 147 Å². The molecule has 0 amide bonds. The van der Waals surface area contributed by atoms with Gasteiger partial charge in [0.1, 0.15) is 0 Å². The van der Waals surface area contributed by atoms with E-state index < -0.39 is 11.6 Å². The van der Waals surface area contributed by atoms with Gasteiger partial charge in [-0.2, -0.15) is 0 Å². The lowest BCUT2D eigenvalue weighted by Gasteiger charge is -2.20. The minimum absolute atomic E-state index is 0.243. The van der Waals surface area contributed by atoms with Crippen LogP contribution in [0, 0.1) is 0 Å². The smallest absolute Gasteiger partial charge is 0.303 e. The Balaban J connectivity index is 3.68. The minimum atomic E-state index is -0.728. The highest BCUT2D eigenvalue weighted by Gasteiger charge is 2.16. The molecule has 136 valence electrons. The number of carboxylic acids is 1. The van der Waals surface area contributed by atoms with Gasteiger partial charge in [-0.25, -0.2) is 0 Å². The molecule has 0 bridgehead atoms. The molecular weight excluding hydrogens is 300 g/mol. The van der Waals surface area contributed by atoms with Crippen LogP contribution in [-0.4, -0.2) is 21.8 Å². The number of aliphatic hydroxyl groups is 1. The first-order chi connectivity index (χ1) is 11.5. The molecule has 0 aromatic carbocycles. The monoisotopic (exact) mass is 334 g/mol. The summed E-state index contributed by atoms with van der Waals surface area (Å²) in [4.78, 5) is 10.3. The van der Waals surface area contributed by atoms with E-state index in [1.54, 1.807) is 0 Å². The molecule has 0 saturated carbocycles. The molecule has 3 nitrogen and oxygen atoms in total. The summed E-state index contributed by atoms with van der Waals surface area (Å²) in [6.07, 6.45) is 23.7. The predicted octanol–water partition coefficient (Wildman–Crippen LogP) is 5.58. The summed E-state index contributed by atoms with van der Waals surface area (Å²) in [6.45, 7) is 4.03. The van der Waals surface area contributed by atoms with Crippen molar-refractivity contribution in [2.45, 2.75) is 77.2 Å². The van der Waals surface area contributed by atoms with Crippen LogP contribution < -0.4 is 0 Å². The van der Waals surface area contributed by atoms with Crippen LogP contribution in [0.3, 0.4) is 0 Å². The van der Waals surface area contributed by atoms with Crippen molar-refractivity contribution in [1.82, 2.24) is 0 Å². The maximum absolute atomic E-state index is 10.3. The van der Waals surface area contributed by atoms with Gasteiger partial charge < -0.3 is 10.2 Å². The largest absolute Gasteiger partial charge is 0.481 e. The molecule has 0 heterocycles. The molecular formula is C21H34O3. The maximum Gasteiger partial charge on any atom is 0.303 e. The molecule has 0 aromatic rings. The van der Waals surface area contributed by atoms with Crippen LogP contribution in [0.1, 0.15) is 71.6 Å². The molecule has 0 aliphatic heterocycles. The highest BCUT2D eigenvalue weighted by Crippen LogP contribution is 2.18. The second kappa shape index (κ2) is 14.9. The molecule has 0 fully saturated rings. The quantitative estimate of drug-likeness (QED) is 0.248. The zero-order chi connectivity index (χ0) is 18.1. The van der Waals surface area contributed by atoms with E-state index >= 15 is 0 Å². The summed E-state index contributed by atoms with van der Waals surface area (Å²) in [5.74, 6) is -0.728. The second-order valence-electron chi connectivity index (χ2n) is 6.36.